The number of anilines is 1. The smallest absolute Gasteiger partial charge is 0.260 e. The zero-order chi connectivity index (χ0) is 19.9. The standard InChI is InChI=1S/C23H28N2O3/c1-17-10-9-11-18(2)22(17)24-23(27)19-12-5-6-13-20(19)28-16-21(26)25-14-7-3-4-8-15-25/h5-6,9-13H,3-4,7-8,14-16H2,1-2H3,(H,24,27). The van der Waals surface area contributed by atoms with Crippen LogP contribution in [0.3, 0.4) is 0 Å². The first-order valence-electron chi connectivity index (χ1n) is 9.93. The fourth-order valence-corrected chi connectivity index (χ4v) is 3.52. The summed E-state index contributed by atoms with van der Waals surface area (Å²) >= 11 is 0. The number of carbonyl (C=O) groups excluding carboxylic acids is 2. The van der Waals surface area contributed by atoms with Crippen LogP contribution < -0.4 is 10.1 Å². The van der Waals surface area contributed by atoms with E-state index in [-0.39, 0.29) is 18.4 Å². The molecule has 0 atom stereocenters. The first kappa shape index (κ1) is 19.9. The van der Waals surface area contributed by atoms with E-state index in [1.807, 2.05) is 43.0 Å². The van der Waals surface area contributed by atoms with E-state index in [4.69, 9.17) is 4.74 Å². The minimum atomic E-state index is -0.241. The Morgan fingerprint density at radius 3 is 2.25 bits per heavy atom. The van der Waals surface area contributed by atoms with Gasteiger partial charge in [0.2, 0.25) is 0 Å². The summed E-state index contributed by atoms with van der Waals surface area (Å²) in [6.45, 7) is 5.46. The zero-order valence-corrected chi connectivity index (χ0v) is 16.7. The molecule has 2 aromatic carbocycles. The molecular formula is C23H28N2O3. The Hall–Kier alpha value is -2.82. The molecule has 2 aromatic rings. The highest BCUT2D eigenvalue weighted by molar-refractivity contribution is 6.07. The maximum Gasteiger partial charge on any atom is 0.260 e. The number of likely N-dealkylation sites (tertiary alicyclic amines) is 1. The molecule has 1 aliphatic heterocycles. The summed E-state index contributed by atoms with van der Waals surface area (Å²) in [6, 6.07) is 12.9. The Morgan fingerprint density at radius 2 is 1.57 bits per heavy atom. The summed E-state index contributed by atoms with van der Waals surface area (Å²) in [4.78, 5) is 27.2. The van der Waals surface area contributed by atoms with Gasteiger partial charge in [-0.2, -0.15) is 0 Å². The molecule has 0 radical (unpaired) electrons. The third-order valence-corrected chi connectivity index (χ3v) is 5.16. The van der Waals surface area contributed by atoms with Crippen molar-refractivity contribution in [3.63, 3.8) is 0 Å². The maximum atomic E-state index is 12.8. The molecule has 28 heavy (non-hydrogen) atoms. The predicted molar refractivity (Wildman–Crippen MR) is 111 cm³/mol. The Bertz CT molecular complexity index is 819. The van der Waals surface area contributed by atoms with Crippen LogP contribution in [0.2, 0.25) is 0 Å². The Balaban J connectivity index is 1.68. The molecule has 0 spiro atoms. The van der Waals surface area contributed by atoms with Crippen molar-refractivity contribution >= 4 is 17.5 Å². The van der Waals surface area contributed by atoms with Crippen molar-refractivity contribution in [2.24, 2.45) is 0 Å². The van der Waals surface area contributed by atoms with Gasteiger partial charge >= 0.3 is 0 Å². The quantitative estimate of drug-likeness (QED) is 0.840. The number of rotatable bonds is 5. The van der Waals surface area contributed by atoms with Gasteiger partial charge in [0.15, 0.2) is 6.61 Å². The Labute approximate surface area is 166 Å². The van der Waals surface area contributed by atoms with E-state index in [2.05, 4.69) is 5.32 Å². The molecule has 1 fully saturated rings. The van der Waals surface area contributed by atoms with E-state index in [1.165, 1.54) is 12.8 Å². The van der Waals surface area contributed by atoms with E-state index in [9.17, 15) is 9.59 Å². The molecule has 5 heteroatoms. The number of hydrogen-bond acceptors (Lipinski definition) is 3. The van der Waals surface area contributed by atoms with E-state index in [1.54, 1.807) is 18.2 Å². The summed E-state index contributed by atoms with van der Waals surface area (Å²) in [6.07, 6.45) is 4.43. The third kappa shape index (κ3) is 4.91. The minimum absolute atomic E-state index is 0.0214. The number of ether oxygens (including phenoxy) is 1. The van der Waals surface area contributed by atoms with Crippen molar-refractivity contribution in [2.45, 2.75) is 39.5 Å². The molecule has 0 aliphatic carbocycles. The highest BCUT2D eigenvalue weighted by atomic mass is 16.5. The lowest BCUT2D eigenvalue weighted by molar-refractivity contribution is -0.133. The topological polar surface area (TPSA) is 58.6 Å². The van der Waals surface area contributed by atoms with Gasteiger partial charge in [-0.25, -0.2) is 0 Å². The zero-order valence-electron chi connectivity index (χ0n) is 16.7. The first-order chi connectivity index (χ1) is 13.6. The summed E-state index contributed by atoms with van der Waals surface area (Å²) in [5.74, 6) is 0.163. The molecule has 1 N–H and O–H groups in total. The van der Waals surface area contributed by atoms with Crippen LogP contribution in [0.4, 0.5) is 5.69 Å². The number of amides is 2. The summed E-state index contributed by atoms with van der Waals surface area (Å²) in [5, 5.41) is 2.98. The number of hydrogen-bond donors (Lipinski definition) is 1. The fraction of sp³-hybridized carbons (Fsp3) is 0.391. The van der Waals surface area contributed by atoms with E-state index < -0.39 is 0 Å². The van der Waals surface area contributed by atoms with Gasteiger partial charge in [0.05, 0.1) is 5.56 Å². The molecular weight excluding hydrogens is 352 g/mol. The van der Waals surface area contributed by atoms with E-state index in [0.717, 1.165) is 42.7 Å². The van der Waals surface area contributed by atoms with Gasteiger partial charge in [-0.1, -0.05) is 43.2 Å². The number of benzene rings is 2. The van der Waals surface area contributed by atoms with Crippen molar-refractivity contribution < 1.29 is 14.3 Å². The molecule has 148 valence electrons. The molecule has 1 saturated heterocycles. The predicted octanol–water partition coefficient (Wildman–Crippen LogP) is 4.34. The van der Waals surface area contributed by atoms with Gasteiger partial charge in [0.1, 0.15) is 5.75 Å². The molecule has 3 rings (SSSR count). The highest BCUT2D eigenvalue weighted by Gasteiger charge is 2.18. The van der Waals surface area contributed by atoms with Gasteiger partial charge < -0.3 is 15.0 Å². The molecule has 0 aromatic heterocycles. The fourth-order valence-electron chi connectivity index (χ4n) is 3.52. The van der Waals surface area contributed by atoms with Crippen LogP contribution in [-0.4, -0.2) is 36.4 Å². The van der Waals surface area contributed by atoms with Crippen molar-refractivity contribution in [1.82, 2.24) is 4.90 Å². The van der Waals surface area contributed by atoms with Gasteiger partial charge in [-0.05, 0) is 49.9 Å². The molecule has 0 unspecified atom stereocenters. The second-order valence-corrected chi connectivity index (χ2v) is 7.30. The molecule has 2 amide bonds. The highest BCUT2D eigenvalue weighted by Crippen LogP contribution is 2.24. The van der Waals surface area contributed by atoms with Crippen LogP contribution in [0.15, 0.2) is 42.5 Å². The summed E-state index contributed by atoms with van der Waals surface area (Å²) in [5.41, 5.74) is 3.24. The summed E-state index contributed by atoms with van der Waals surface area (Å²) in [7, 11) is 0. The molecule has 0 saturated carbocycles. The van der Waals surface area contributed by atoms with Crippen LogP contribution in [0.5, 0.6) is 5.75 Å². The lowest BCUT2D eigenvalue weighted by atomic mass is 10.1. The molecule has 1 heterocycles. The van der Waals surface area contributed by atoms with Crippen LogP contribution in [0, 0.1) is 13.8 Å². The van der Waals surface area contributed by atoms with Crippen molar-refractivity contribution in [2.75, 3.05) is 25.0 Å². The van der Waals surface area contributed by atoms with Gasteiger partial charge in [0.25, 0.3) is 11.8 Å². The summed E-state index contributed by atoms with van der Waals surface area (Å²) < 4.78 is 5.76. The number of aryl methyl sites for hydroxylation is 2. The largest absolute Gasteiger partial charge is 0.483 e. The number of carbonyl (C=O) groups is 2. The lowest BCUT2D eigenvalue weighted by Gasteiger charge is -2.21. The van der Waals surface area contributed by atoms with Crippen LogP contribution >= 0.6 is 0 Å². The van der Waals surface area contributed by atoms with Gasteiger partial charge in [-0.3, -0.25) is 9.59 Å². The minimum Gasteiger partial charge on any atom is -0.483 e. The second kappa shape index (κ2) is 9.40. The van der Waals surface area contributed by atoms with Gasteiger partial charge in [-0.15, -0.1) is 0 Å². The van der Waals surface area contributed by atoms with Crippen LogP contribution in [-0.2, 0) is 4.79 Å². The average molecular weight is 380 g/mol. The lowest BCUT2D eigenvalue weighted by Crippen LogP contribution is -2.35. The normalized spacial score (nSPS) is 14.3. The van der Waals surface area contributed by atoms with Crippen LogP contribution in [0.25, 0.3) is 0 Å². The number of nitrogens with zero attached hydrogens (tertiary/aromatic N) is 1. The van der Waals surface area contributed by atoms with E-state index in [0.29, 0.717) is 11.3 Å². The van der Waals surface area contributed by atoms with Crippen molar-refractivity contribution in [1.29, 1.82) is 0 Å². The first-order valence-corrected chi connectivity index (χ1v) is 9.93. The monoisotopic (exact) mass is 380 g/mol. The van der Waals surface area contributed by atoms with Crippen molar-refractivity contribution in [3.05, 3.63) is 59.2 Å². The molecule has 1 aliphatic rings. The Morgan fingerprint density at radius 1 is 0.929 bits per heavy atom. The number of nitrogens with one attached hydrogen (secondary N) is 1. The van der Waals surface area contributed by atoms with Crippen LogP contribution in [0.1, 0.15) is 47.2 Å². The number of para-hydroxylation sites is 2. The third-order valence-electron chi connectivity index (χ3n) is 5.16. The average Bonchev–Trinajstić information content (AvgIpc) is 2.99. The van der Waals surface area contributed by atoms with Crippen molar-refractivity contribution in [3.8, 4) is 5.75 Å². The van der Waals surface area contributed by atoms with E-state index >= 15 is 0 Å². The van der Waals surface area contributed by atoms with Gasteiger partial charge in [0, 0.05) is 18.8 Å². The second-order valence-electron chi connectivity index (χ2n) is 7.30. The maximum absolute atomic E-state index is 12.8. The molecule has 0 bridgehead atoms. The SMILES string of the molecule is Cc1cccc(C)c1NC(=O)c1ccccc1OCC(=O)N1CCCCCC1. The molecule has 5 nitrogen and oxygen atoms in total. The Kier molecular flexibility index (Phi) is 6.69.